The zero-order valence-electron chi connectivity index (χ0n) is 19.9. The van der Waals surface area contributed by atoms with Crippen LogP contribution in [0, 0.1) is 5.92 Å². The third-order valence-corrected chi connectivity index (χ3v) is 8.69. The van der Waals surface area contributed by atoms with Crippen molar-refractivity contribution in [1.29, 1.82) is 0 Å². The summed E-state index contributed by atoms with van der Waals surface area (Å²) in [5.74, 6) is -0.747. The van der Waals surface area contributed by atoms with E-state index >= 15 is 0 Å². The number of anilines is 1. The van der Waals surface area contributed by atoms with Crippen LogP contribution in [0.3, 0.4) is 0 Å². The van der Waals surface area contributed by atoms with Crippen molar-refractivity contribution in [1.82, 2.24) is 9.21 Å². The zero-order valence-corrected chi connectivity index (χ0v) is 20.7. The van der Waals surface area contributed by atoms with Crippen LogP contribution in [0.15, 0.2) is 53.4 Å². The average Bonchev–Trinajstić information content (AvgIpc) is 2.89. The Morgan fingerprint density at radius 2 is 1.49 bits per heavy atom. The van der Waals surface area contributed by atoms with E-state index in [0.29, 0.717) is 29.7 Å². The quantitative estimate of drug-likeness (QED) is 0.615. The fourth-order valence-corrected chi connectivity index (χ4v) is 6.12. The van der Waals surface area contributed by atoms with E-state index in [1.807, 2.05) is 4.90 Å². The third kappa shape index (κ3) is 5.62. The smallest absolute Gasteiger partial charge is 0.255 e. The second-order valence-corrected chi connectivity index (χ2v) is 11.1. The molecule has 2 fully saturated rings. The summed E-state index contributed by atoms with van der Waals surface area (Å²) in [6.07, 6.45) is 3.88. The number of nitrogens with one attached hydrogen (secondary N) is 1. The number of Topliss-reactive ketones (excluding diaryl/α,β-unsaturated/α-hetero) is 1. The minimum atomic E-state index is -3.70. The van der Waals surface area contributed by atoms with Crippen molar-refractivity contribution in [3.05, 3.63) is 59.7 Å². The number of nitrogens with zero attached hydrogens (tertiary/aromatic N) is 2. The number of carbonyl (C=O) groups is 3. The van der Waals surface area contributed by atoms with Gasteiger partial charge in [-0.15, -0.1) is 0 Å². The molecule has 0 aromatic heterocycles. The van der Waals surface area contributed by atoms with Crippen molar-refractivity contribution in [2.75, 3.05) is 31.5 Å². The van der Waals surface area contributed by atoms with Crippen LogP contribution in [0.2, 0.25) is 0 Å². The van der Waals surface area contributed by atoms with Crippen molar-refractivity contribution in [2.45, 2.75) is 43.9 Å². The number of piperidine rings is 2. The van der Waals surface area contributed by atoms with Gasteiger partial charge in [0.1, 0.15) is 0 Å². The van der Waals surface area contributed by atoms with Gasteiger partial charge in [-0.2, -0.15) is 4.31 Å². The first-order valence-electron chi connectivity index (χ1n) is 12.1. The lowest BCUT2D eigenvalue weighted by atomic mass is 9.97. The van der Waals surface area contributed by atoms with Crippen molar-refractivity contribution in [2.24, 2.45) is 5.92 Å². The number of hydrogen-bond donors (Lipinski definition) is 1. The first-order chi connectivity index (χ1) is 16.8. The fraction of sp³-hybridized carbons (Fsp3) is 0.423. The Hall–Kier alpha value is -3.04. The van der Waals surface area contributed by atoms with E-state index in [1.165, 1.54) is 35.5 Å². The highest BCUT2D eigenvalue weighted by atomic mass is 32.2. The number of likely N-dealkylation sites (tertiary alicyclic amines) is 1. The number of ketones is 1. The first kappa shape index (κ1) is 25.1. The summed E-state index contributed by atoms with van der Waals surface area (Å²) in [6, 6.07) is 13.0. The van der Waals surface area contributed by atoms with Gasteiger partial charge in [-0.25, -0.2) is 8.42 Å². The largest absolute Gasteiger partial charge is 0.339 e. The van der Waals surface area contributed by atoms with E-state index in [1.54, 1.807) is 24.3 Å². The molecule has 2 heterocycles. The molecule has 4 rings (SSSR count). The monoisotopic (exact) mass is 497 g/mol. The van der Waals surface area contributed by atoms with Crippen LogP contribution in [-0.4, -0.2) is 61.4 Å². The molecule has 35 heavy (non-hydrogen) atoms. The van der Waals surface area contributed by atoms with Crippen molar-refractivity contribution in [3.63, 3.8) is 0 Å². The molecule has 1 N–H and O–H groups in total. The minimum absolute atomic E-state index is 0.0719. The van der Waals surface area contributed by atoms with Gasteiger partial charge in [0, 0.05) is 37.7 Å². The second-order valence-electron chi connectivity index (χ2n) is 9.15. The molecule has 8 nitrogen and oxygen atoms in total. The van der Waals surface area contributed by atoms with Crippen LogP contribution in [-0.2, 0) is 14.8 Å². The molecule has 0 aliphatic carbocycles. The lowest BCUT2D eigenvalue weighted by molar-refractivity contribution is -0.120. The normalized spacial score (nSPS) is 17.7. The maximum atomic E-state index is 13.0. The molecule has 2 aliphatic heterocycles. The van der Waals surface area contributed by atoms with Gasteiger partial charge < -0.3 is 10.2 Å². The molecule has 2 saturated heterocycles. The molecule has 2 aliphatic rings. The molecular weight excluding hydrogens is 466 g/mol. The van der Waals surface area contributed by atoms with Gasteiger partial charge in [-0.1, -0.05) is 24.3 Å². The zero-order chi connectivity index (χ0) is 25.0. The van der Waals surface area contributed by atoms with Gasteiger partial charge in [-0.3, -0.25) is 14.4 Å². The molecule has 2 aromatic carbocycles. The highest BCUT2D eigenvalue weighted by Gasteiger charge is 2.32. The predicted molar refractivity (Wildman–Crippen MR) is 133 cm³/mol. The Morgan fingerprint density at radius 3 is 2.11 bits per heavy atom. The van der Waals surface area contributed by atoms with Gasteiger partial charge in [0.05, 0.1) is 16.1 Å². The molecule has 9 heteroatoms. The topological polar surface area (TPSA) is 104 Å². The van der Waals surface area contributed by atoms with Crippen LogP contribution < -0.4 is 5.32 Å². The Balaban J connectivity index is 1.38. The van der Waals surface area contributed by atoms with E-state index < -0.39 is 10.0 Å². The number of carbonyl (C=O) groups excluding carboxylic acids is 3. The average molecular weight is 498 g/mol. The van der Waals surface area contributed by atoms with Crippen molar-refractivity contribution >= 4 is 33.3 Å². The summed E-state index contributed by atoms with van der Waals surface area (Å²) in [5.41, 5.74) is 1.43. The predicted octanol–water partition coefficient (Wildman–Crippen LogP) is 3.55. The Morgan fingerprint density at radius 1 is 0.857 bits per heavy atom. The van der Waals surface area contributed by atoms with Gasteiger partial charge in [0.2, 0.25) is 15.9 Å². The van der Waals surface area contributed by atoms with E-state index in [-0.39, 0.29) is 41.5 Å². The maximum absolute atomic E-state index is 13.0. The fourth-order valence-electron chi connectivity index (χ4n) is 4.65. The molecule has 2 aromatic rings. The maximum Gasteiger partial charge on any atom is 0.255 e. The molecule has 0 spiro atoms. The number of amides is 2. The third-order valence-electron chi connectivity index (χ3n) is 6.78. The highest BCUT2D eigenvalue weighted by molar-refractivity contribution is 7.89. The molecule has 2 amide bonds. The van der Waals surface area contributed by atoms with Gasteiger partial charge >= 0.3 is 0 Å². The van der Waals surface area contributed by atoms with Crippen LogP contribution in [0.25, 0.3) is 0 Å². The molecule has 0 saturated carbocycles. The molecule has 0 bridgehead atoms. The van der Waals surface area contributed by atoms with E-state index in [0.717, 1.165) is 32.4 Å². The molecule has 0 unspecified atom stereocenters. The van der Waals surface area contributed by atoms with Crippen LogP contribution in [0.4, 0.5) is 5.69 Å². The summed E-state index contributed by atoms with van der Waals surface area (Å²) in [5, 5.41) is 2.92. The van der Waals surface area contributed by atoms with E-state index in [4.69, 9.17) is 0 Å². The first-order valence-corrected chi connectivity index (χ1v) is 13.5. The summed E-state index contributed by atoms with van der Waals surface area (Å²) in [7, 11) is -3.70. The van der Waals surface area contributed by atoms with Gasteiger partial charge in [-0.05, 0) is 63.3 Å². The lowest BCUT2D eigenvalue weighted by Crippen LogP contribution is -2.41. The summed E-state index contributed by atoms with van der Waals surface area (Å²) in [6.45, 7) is 3.34. The summed E-state index contributed by atoms with van der Waals surface area (Å²) in [4.78, 5) is 39.4. The number of sulfonamides is 1. The van der Waals surface area contributed by atoms with Crippen molar-refractivity contribution < 1.29 is 22.8 Å². The lowest BCUT2D eigenvalue weighted by Gasteiger charge is -2.31. The Labute approximate surface area is 206 Å². The second kappa shape index (κ2) is 10.7. The number of hydrogen-bond acceptors (Lipinski definition) is 5. The number of para-hydroxylation sites is 1. The standard InChI is InChI=1S/C26H31N3O5S/c1-19(30)20-9-11-22(12-10-20)35(33,34)29-17-13-21(14-18-29)25(31)27-24-8-4-3-7-23(24)26(32)28-15-5-2-6-16-28/h3-4,7-12,21H,2,5-6,13-18H2,1H3,(H,27,31). The minimum Gasteiger partial charge on any atom is -0.339 e. The Kier molecular flexibility index (Phi) is 7.66. The summed E-state index contributed by atoms with van der Waals surface area (Å²) >= 11 is 0. The molecule has 0 radical (unpaired) electrons. The number of benzene rings is 2. The molecule has 0 atom stereocenters. The number of rotatable bonds is 6. The van der Waals surface area contributed by atoms with Gasteiger partial charge in [0.25, 0.3) is 5.91 Å². The van der Waals surface area contributed by atoms with E-state index in [9.17, 15) is 22.8 Å². The van der Waals surface area contributed by atoms with Crippen LogP contribution >= 0.6 is 0 Å². The Bertz CT molecular complexity index is 1200. The molecule has 186 valence electrons. The SMILES string of the molecule is CC(=O)c1ccc(S(=O)(=O)N2CCC(C(=O)Nc3ccccc3C(=O)N3CCCCC3)CC2)cc1. The summed E-state index contributed by atoms with van der Waals surface area (Å²) < 4.78 is 27.4. The molecular formula is C26H31N3O5S. The van der Waals surface area contributed by atoms with E-state index in [2.05, 4.69) is 5.32 Å². The van der Waals surface area contributed by atoms with Crippen LogP contribution in [0.1, 0.15) is 59.7 Å². The highest BCUT2D eigenvalue weighted by Crippen LogP contribution is 2.26. The van der Waals surface area contributed by atoms with Crippen molar-refractivity contribution in [3.8, 4) is 0 Å². The van der Waals surface area contributed by atoms with Crippen LogP contribution in [0.5, 0.6) is 0 Å². The van der Waals surface area contributed by atoms with Gasteiger partial charge in [0.15, 0.2) is 5.78 Å².